The van der Waals surface area contributed by atoms with E-state index in [9.17, 15) is 4.79 Å². The van der Waals surface area contributed by atoms with Crippen LogP contribution in [0.15, 0.2) is 48.5 Å². The van der Waals surface area contributed by atoms with E-state index < -0.39 is 0 Å². The lowest BCUT2D eigenvalue weighted by Gasteiger charge is -2.46. The molecule has 0 aromatic heterocycles. The lowest BCUT2D eigenvalue weighted by atomic mass is 9.79. The Bertz CT molecular complexity index is 1020. The molecule has 0 spiro atoms. The fourth-order valence-electron chi connectivity index (χ4n) is 7.39. The number of carbonyl (C=O) groups is 1. The molecule has 2 aliphatic carbocycles. The van der Waals surface area contributed by atoms with Crippen LogP contribution < -0.4 is 5.32 Å². The molecule has 0 radical (unpaired) electrons. The zero-order valence-corrected chi connectivity index (χ0v) is 21.1. The molecule has 0 bridgehead atoms. The Hall–Kier alpha value is -2.17. The predicted octanol–water partition coefficient (Wildman–Crippen LogP) is 5.63. The van der Waals surface area contributed by atoms with Crippen LogP contribution >= 0.6 is 0 Å². The molecule has 2 heterocycles. The first-order chi connectivity index (χ1) is 17.3. The molecule has 4 heteroatoms. The van der Waals surface area contributed by atoms with Gasteiger partial charge in [-0.3, -0.25) is 14.6 Å². The van der Waals surface area contributed by atoms with Crippen LogP contribution in [0.3, 0.4) is 0 Å². The van der Waals surface area contributed by atoms with Gasteiger partial charge in [-0.25, -0.2) is 0 Å². The minimum absolute atomic E-state index is 0.00671. The van der Waals surface area contributed by atoms with Crippen molar-refractivity contribution in [3.8, 4) is 0 Å². The Balaban J connectivity index is 1.19. The van der Waals surface area contributed by atoms with Gasteiger partial charge in [0.2, 0.25) is 0 Å². The first kappa shape index (κ1) is 23.2. The summed E-state index contributed by atoms with van der Waals surface area (Å²) >= 11 is 0. The summed E-state index contributed by atoms with van der Waals surface area (Å²) in [5.74, 6) is 0.786. The first-order valence-electron chi connectivity index (χ1n) is 14.2. The molecule has 4 nitrogen and oxygen atoms in total. The van der Waals surface area contributed by atoms with Gasteiger partial charge in [-0.15, -0.1) is 0 Å². The van der Waals surface area contributed by atoms with Gasteiger partial charge in [0.1, 0.15) is 0 Å². The number of ketones is 1. The number of nitrogens with one attached hydrogen (secondary N) is 1. The zero-order chi connectivity index (χ0) is 23.6. The zero-order valence-electron chi connectivity index (χ0n) is 21.1. The van der Waals surface area contributed by atoms with E-state index in [-0.39, 0.29) is 18.0 Å². The van der Waals surface area contributed by atoms with Gasteiger partial charge in [-0.1, -0.05) is 61.7 Å². The second-order valence-corrected chi connectivity index (χ2v) is 11.3. The molecule has 1 saturated heterocycles. The van der Waals surface area contributed by atoms with Crippen molar-refractivity contribution >= 4 is 11.5 Å². The lowest BCUT2D eigenvalue weighted by Crippen LogP contribution is -2.60. The van der Waals surface area contributed by atoms with E-state index in [4.69, 9.17) is 0 Å². The van der Waals surface area contributed by atoms with Gasteiger partial charge in [0, 0.05) is 49.9 Å². The molecule has 2 aromatic rings. The van der Waals surface area contributed by atoms with Gasteiger partial charge in [-0.05, 0) is 67.7 Å². The number of nitrogens with zero attached hydrogens (tertiary/aromatic N) is 2. The summed E-state index contributed by atoms with van der Waals surface area (Å²) in [5.41, 5.74) is 5.73. The number of piperazine rings is 1. The van der Waals surface area contributed by atoms with E-state index in [1.807, 2.05) is 0 Å². The normalized spacial score (nSPS) is 26.9. The maximum Gasteiger partial charge on any atom is 0.155 e. The molecule has 186 valence electrons. The summed E-state index contributed by atoms with van der Waals surface area (Å²) in [7, 11) is 0. The quantitative estimate of drug-likeness (QED) is 0.613. The average Bonchev–Trinajstić information content (AvgIpc) is 2.94. The highest BCUT2D eigenvalue weighted by Crippen LogP contribution is 2.36. The van der Waals surface area contributed by atoms with Crippen LogP contribution in [0.5, 0.6) is 0 Å². The van der Waals surface area contributed by atoms with Crippen molar-refractivity contribution in [1.82, 2.24) is 9.80 Å². The minimum atomic E-state index is 0.00671. The third-order valence-electron chi connectivity index (χ3n) is 9.28. The standard InChI is InChI=1S/C31H41N3O/c35-31(25-11-2-1-3-12-25)30(28-18-17-24-10-5-7-15-27(24)32-28)34-21-19-33(20-22-34)29-16-8-13-23-9-4-6-14-26(23)29/h4-7,9-10,14-15,25,28-30,32H,1-3,8,11-13,16-22H2. The molecule has 2 fully saturated rings. The number of hydrogen-bond acceptors (Lipinski definition) is 4. The number of carbonyl (C=O) groups excluding carboxylic acids is 1. The molecule has 1 N–H and O–H groups in total. The van der Waals surface area contributed by atoms with Crippen LogP contribution in [0.1, 0.15) is 74.1 Å². The highest BCUT2D eigenvalue weighted by molar-refractivity contribution is 5.88. The second-order valence-electron chi connectivity index (χ2n) is 11.3. The molecular weight excluding hydrogens is 430 g/mol. The largest absolute Gasteiger partial charge is 0.380 e. The Morgan fingerprint density at radius 1 is 0.771 bits per heavy atom. The van der Waals surface area contributed by atoms with Crippen molar-refractivity contribution in [3.05, 3.63) is 65.2 Å². The average molecular weight is 472 g/mol. The van der Waals surface area contributed by atoms with E-state index >= 15 is 0 Å². The molecule has 2 aliphatic heterocycles. The Labute approximate surface area is 211 Å². The van der Waals surface area contributed by atoms with Crippen LogP contribution in [0.25, 0.3) is 0 Å². The number of aryl methyl sites for hydroxylation is 2. The highest BCUT2D eigenvalue weighted by atomic mass is 16.1. The van der Waals surface area contributed by atoms with E-state index in [0.29, 0.717) is 11.8 Å². The molecule has 3 unspecified atom stereocenters. The van der Waals surface area contributed by atoms with Gasteiger partial charge in [0.05, 0.1) is 6.04 Å². The molecule has 6 rings (SSSR count). The summed E-state index contributed by atoms with van der Waals surface area (Å²) < 4.78 is 0. The van der Waals surface area contributed by atoms with E-state index in [0.717, 1.165) is 51.9 Å². The Morgan fingerprint density at radius 2 is 1.51 bits per heavy atom. The topological polar surface area (TPSA) is 35.6 Å². The number of para-hydroxylation sites is 1. The van der Waals surface area contributed by atoms with Gasteiger partial charge >= 0.3 is 0 Å². The monoisotopic (exact) mass is 471 g/mol. The fraction of sp³-hybridized carbons (Fsp3) is 0.581. The SMILES string of the molecule is O=C(C1CCCCC1)C(C1CCc2ccccc2N1)N1CCN(C2CCCc3ccccc32)CC1. The third kappa shape index (κ3) is 4.80. The number of hydrogen-bond donors (Lipinski definition) is 1. The molecule has 0 amide bonds. The minimum Gasteiger partial charge on any atom is -0.380 e. The van der Waals surface area contributed by atoms with Crippen LogP contribution in [0.2, 0.25) is 0 Å². The number of rotatable bonds is 5. The first-order valence-corrected chi connectivity index (χ1v) is 14.2. The van der Waals surface area contributed by atoms with Crippen LogP contribution in [0.4, 0.5) is 5.69 Å². The maximum absolute atomic E-state index is 14.1. The third-order valence-corrected chi connectivity index (χ3v) is 9.28. The molecule has 2 aromatic carbocycles. The number of fused-ring (bicyclic) bond motifs is 2. The van der Waals surface area contributed by atoms with Gasteiger partial charge < -0.3 is 5.32 Å². The smallest absolute Gasteiger partial charge is 0.155 e. The van der Waals surface area contributed by atoms with Crippen LogP contribution in [0, 0.1) is 5.92 Å². The summed E-state index contributed by atoms with van der Waals surface area (Å²) in [6, 6.07) is 18.5. The van der Waals surface area contributed by atoms with E-state index in [1.165, 1.54) is 49.8 Å². The number of Topliss-reactive ketones (excluding diaryl/α,β-unsaturated/α-hetero) is 1. The molecule has 35 heavy (non-hydrogen) atoms. The van der Waals surface area contributed by atoms with E-state index in [2.05, 4.69) is 63.6 Å². The van der Waals surface area contributed by atoms with Gasteiger partial charge in [0.15, 0.2) is 5.78 Å². The van der Waals surface area contributed by atoms with Crippen molar-refractivity contribution < 1.29 is 4.79 Å². The summed E-state index contributed by atoms with van der Waals surface area (Å²) in [6.07, 6.45) is 11.8. The van der Waals surface area contributed by atoms with E-state index in [1.54, 1.807) is 11.1 Å². The summed E-state index contributed by atoms with van der Waals surface area (Å²) in [6.45, 7) is 4.14. The lowest BCUT2D eigenvalue weighted by molar-refractivity contribution is -0.131. The van der Waals surface area contributed by atoms with Gasteiger partial charge in [0.25, 0.3) is 0 Å². The fourth-order valence-corrected chi connectivity index (χ4v) is 7.39. The highest BCUT2D eigenvalue weighted by Gasteiger charge is 2.40. The Kier molecular flexibility index (Phi) is 6.93. The van der Waals surface area contributed by atoms with Crippen molar-refractivity contribution in [3.63, 3.8) is 0 Å². The number of benzene rings is 2. The Morgan fingerprint density at radius 3 is 2.34 bits per heavy atom. The van der Waals surface area contributed by atoms with Crippen molar-refractivity contribution in [2.45, 2.75) is 82.3 Å². The van der Waals surface area contributed by atoms with Crippen LogP contribution in [-0.4, -0.2) is 53.8 Å². The molecule has 3 atom stereocenters. The van der Waals surface area contributed by atoms with Crippen LogP contribution in [-0.2, 0) is 17.6 Å². The van der Waals surface area contributed by atoms with Crippen molar-refractivity contribution in [1.29, 1.82) is 0 Å². The van der Waals surface area contributed by atoms with Gasteiger partial charge in [-0.2, -0.15) is 0 Å². The number of anilines is 1. The summed E-state index contributed by atoms with van der Waals surface area (Å²) in [5, 5.41) is 3.83. The molecular formula is C31H41N3O. The second kappa shape index (κ2) is 10.4. The van der Waals surface area contributed by atoms with Crippen molar-refractivity contribution in [2.24, 2.45) is 5.92 Å². The predicted molar refractivity (Wildman–Crippen MR) is 143 cm³/mol. The molecule has 4 aliphatic rings. The summed E-state index contributed by atoms with van der Waals surface area (Å²) in [4.78, 5) is 19.3. The maximum atomic E-state index is 14.1. The van der Waals surface area contributed by atoms with Crippen molar-refractivity contribution in [2.75, 3.05) is 31.5 Å². The molecule has 1 saturated carbocycles.